The predicted molar refractivity (Wildman–Crippen MR) is 131 cm³/mol. The van der Waals surface area contributed by atoms with E-state index in [0.717, 1.165) is 17.7 Å². The van der Waals surface area contributed by atoms with Crippen LogP contribution in [0.4, 0.5) is 13.2 Å². The van der Waals surface area contributed by atoms with E-state index in [0.29, 0.717) is 22.4 Å². The summed E-state index contributed by atoms with van der Waals surface area (Å²) in [4.78, 5) is 17.1. The number of halogens is 4. The van der Waals surface area contributed by atoms with Gasteiger partial charge in [0.05, 0.1) is 28.0 Å². The van der Waals surface area contributed by atoms with Gasteiger partial charge in [0.2, 0.25) is 0 Å². The van der Waals surface area contributed by atoms with Crippen LogP contribution in [0.15, 0.2) is 72.1 Å². The molecule has 11 heteroatoms. The van der Waals surface area contributed by atoms with E-state index in [2.05, 4.69) is 11.6 Å². The van der Waals surface area contributed by atoms with Crippen molar-refractivity contribution in [1.29, 1.82) is 0 Å². The minimum atomic E-state index is -4.52. The van der Waals surface area contributed by atoms with Crippen molar-refractivity contribution in [1.82, 2.24) is 14.3 Å². The van der Waals surface area contributed by atoms with Gasteiger partial charge in [-0.2, -0.15) is 13.2 Å². The summed E-state index contributed by atoms with van der Waals surface area (Å²) in [5.74, 6) is -0.309. The molecule has 1 N–H and O–H groups in total. The lowest BCUT2D eigenvalue weighted by molar-refractivity contribution is -0.137. The summed E-state index contributed by atoms with van der Waals surface area (Å²) in [5, 5.41) is -0.0615. The molecule has 0 atom stereocenters. The SMILES string of the molecule is C=Cc1ccc(S(=O)(=O)NC(=O)c2ccc3nc(C)n(Cc4ccc(C(F)(F)F)cc4Cl)c3c2)cc1. The second kappa shape index (κ2) is 9.44. The number of alkyl halides is 3. The molecule has 36 heavy (non-hydrogen) atoms. The van der Waals surface area contributed by atoms with Gasteiger partial charge in [-0.05, 0) is 60.5 Å². The number of rotatable bonds is 6. The maximum Gasteiger partial charge on any atom is 0.416 e. The van der Waals surface area contributed by atoms with Gasteiger partial charge in [-0.25, -0.2) is 18.1 Å². The molecular formula is C25H19ClF3N3O3S. The zero-order valence-electron chi connectivity index (χ0n) is 18.8. The summed E-state index contributed by atoms with van der Waals surface area (Å²) in [6.45, 7) is 5.41. The predicted octanol–water partition coefficient (Wildman–Crippen LogP) is 5.83. The van der Waals surface area contributed by atoms with Crippen LogP contribution >= 0.6 is 11.6 Å². The van der Waals surface area contributed by atoms with Crippen LogP contribution in [0.2, 0.25) is 5.02 Å². The number of hydrogen-bond donors (Lipinski definition) is 1. The first-order chi connectivity index (χ1) is 16.9. The lowest BCUT2D eigenvalue weighted by atomic mass is 10.1. The number of imidazole rings is 1. The summed E-state index contributed by atoms with van der Waals surface area (Å²) in [7, 11) is -4.13. The number of nitrogens with one attached hydrogen (secondary N) is 1. The molecule has 4 rings (SSSR count). The molecule has 4 aromatic rings. The third kappa shape index (κ3) is 5.14. The van der Waals surface area contributed by atoms with E-state index in [4.69, 9.17) is 11.6 Å². The summed E-state index contributed by atoms with van der Waals surface area (Å²) < 4.78 is 68.0. The molecule has 0 bridgehead atoms. The Bertz CT molecular complexity index is 1590. The van der Waals surface area contributed by atoms with Crippen LogP contribution in [0, 0.1) is 6.92 Å². The smallest absolute Gasteiger partial charge is 0.324 e. The molecule has 0 aliphatic rings. The number of benzene rings is 3. The lowest BCUT2D eigenvalue weighted by Gasteiger charge is -2.12. The van der Waals surface area contributed by atoms with E-state index in [1.54, 1.807) is 35.8 Å². The fourth-order valence-electron chi connectivity index (χ4n) is 3.63. The summed E-state index contributed by atoms with van der Waals surface area (Å²) in [5.41, 5.74) is 1.37. The average Bonchev–Trinajstić information content (AvgIpc) is 3.13. The molecule has 1 amide bonds. The summed E-state index contributed by atoms with van der Waals surface area (Å²) >= 11 is 6.12. The van der Waals surface area contributed by atoms with E-state index in [-0.39, 0.29) is 22.0 Å². The second-order valence-corrected chi connectivity index (χ2v) is 10.0. The van der Waals surface area contributed by atoms with Crippen LogP contribution < -0.4 is 4.72 Å². The fourth-order valence-corrected chi connectivity index (χ4v) is 4.84. The van der Waals surface area contributed by atoms with Gasteiger partial charge in [0, 0.05) is 10.6 Å². The standard InChI is InChI=1S/C25H19ClF3N3O3S/c1-3-16-4-9-20(10-5-16)36(34,35)31-24(33)17-7-11-22-23(12-17)32(15(2)30-22)14-18-6-8-19(13-21(18)26)25(27,28)29/h3-13H,1,14H2,2H3,(H,31,33). The Labute approximate surface area is 210 Å². The number of aromatic nitrogens is 2. The van der Waals surface area contributed by atoms with E-state index in [1.165, 1.54) is 30.3 Å². The van der Waals surface area contributed by atoms with Crippen LogP contribution in [0.25, 0.3) is 17.1 Å². The normalized spacial score (nSPS) is 12.0. The maximum atomic E-state index is 13.0. The second-order valence-electron chi connectivity index (χ2n) is 7.96. The van der Waals surface area contributed by atoms with Crippen molar-refractivity contribution in [2.24, 2.45) is 0 Å². The van der Waals surface area contributed by atoms with E-state index < -0.39 is 27.7 Å². The van der Waals surface area contributed by atoms with Crippen molar-refractivity contribution in [2.45, 2.75) is 24.5 Å². The van der Waals surface area contributed by atoms with E-state index in [1.807, 2.05) is 4.72 Å². The molecule has 0 saturated carbocycles. The molecule has 0 aliphatic heterocycles. The molecule has 1 heterocycles. The minimum absolute atomic E-state index is 0.0615. The molecule has 1 aromatic heterocycles. The third-order valence-electron chi connectivity index (χ3n) is 5.56. The van der Waals surface area contributed by atoms with Crippen LogP contribution in [-0.2, 0) is 22.7 Å². The number of carbonyl (C=O) groups is 1. The van der Waals surface area contributed by atoms with Gasteiger partial charge >= 0.3 is 6.18 Å². The largest absolute Gasteiger partial charge is 0.416 e. The van der Waals surface area contributed by atoms with Crippen molar-refractivity contribution in [3.8, 4) is 0 Å². The van der Waals surface area contributed by atoms with Crippen molar-refractivity contribution >= 4 is 44.6 Å². The lowest BCUT2D eigenvalue weighted by Crippen LogP contribution is -2.30. The highest BCUT2D eigenvalue weighted by Crippen LogP contribution is 2.32. The zero-order chi connectivity index (χ0) is 26.3. The minimum Gasteiger partial charge on any atom is -0.324 e. The number of amides is 1. The molecule has 0 radical (unpaired) electrons. The number of hydrogen-bond acceptors (Lipinski definition) is 4. The number of aryl methyl sites for hydroxylation is 1. The van der Waals surface area contributed by atoms with Crippen LogP contribution in [0.1, 0.15) is 32.9 Å². The Morgan fingerprint density at radius 1 is 1.11 bits per heavy atom. The van der Waals surface area contributed by atoms with Crippen molar-refractivity contribution in [3.63, 3.8) is 0 Å². The Morgan fingerprint density at radius 3 is 2.42 bits per heavy atom. The van der Waals surface area contributed by atoms with E-state index >= 15 is 0 Å². The third-order valence-corrected chi connectivity index (χ3v) is 7.26. The van der Waals surface area contributed by atoms with Crippen molar-refractivity contribution in [2.75, 3.05) is 0 Å². The highest BCUT2D eigenvalue weighted by atomic mass is 35.5. The molecule has 0 aliphatic carbocycles. The number of nitrogens with zero attached hydrogens (tertiary/aromatic N) is 2. The van der Waals surface area contributed by atoms with Crippen molar-refractivity contribution in [3.05, 3.63) is 100 Å². The first-order valence-electron chi connectivity index (χ1n) is 10.5. The molecule has 186 valence electrons. The van der Waals surface area contributed by atoms with Gasteiger partial charge in [0.25, 0.3) is 15.9 Å². The Hall–Kier alpha value is -3.63. The number of fused-ring (bicyclic) bond motifs is 1. The summed E-state index contributed by atoms with van der Waals surface area (Å²) in [6.07, 6.45) is -2.96. The average molecular weight is 534 g/mol. The van der Waals surface area contributed by atoms with Gasteiger partial charge in [-0.1, -0.05) is 42.5 Å². The van der Waals surface area contributed by atoms with Gasteiger partial charge in [-0.15, -0.1) is 0 Å². The fraction of sp³-hybridized carbons (Fsp3) is 0.120. The molecule has 3 aromatic carbocycles. The Morgan fingerprint density at radius 2 is 1.81 bits per heavy atom. The summed E-state index contributed by atoms with van der Waals surface area (Å²) in [6, 6.07) is 13.4. The highest BCUT2D eigenvalue weighted by molar-refractivity contribution is 7.90. The molecule has 0 spiro atoms. The number of carbonyl (C=O) groups excluding carboxylic acids is 1. The quantitative estimate of drug-likeness (QED) is 0.338. The first kappa shape index (κ1) is 25.5. The highest BCUT2D eigenvalue weighted by Gasteiger charge is 2.31. The van der Waals surface area contributed by atoms with Crippen LogP contribution in [0.5, 0.6) is 0 Å². The molecule has 0 saturated heterocycles. The monoisotopic (exact) mass is 533 g/mol. The maximum absolute atomic E-state index is 13.0. The van der Waals surface area contributed by atoms with Crippen LogP contribution in [-0.4, -0.2) is 23.9 Å². The Balaban J connectivity index is 1.63. The van der Waals surface area contributed by atoms with Gasteiger partial charge in [0.15, 0.2) is 0 Å². The van der Waals surface area contributed by atoms with E-state index in [9.17, 15) is 26.4 Å². The van der Waals surface area contributed by atoms with Gasteiger partial charge in [-0.3, -0.25) is 4.79 Å². The van der Waals surface area contributed by atoms with Crippen LogP contribution in [0.3, 0.4) is 0 Å². The topological polar surface area (TPSA) is 81.1 Å². The number of sulfonamides is 1. The molecule has 0 fully saturated rings. The Kier molecular flexibility index (Phi) is 6.68. The molecule has 0 unspecified atom stereocenters. The van der Waals surface area contributed by atoms with Gasteiger partial charge < -0.3 is 4.57 Å². The molecule has 6 nitrogen and oxygen atoms in total. The van der Waals surface area contributed by atoms with Gasteiger partial charge in [0.1, 0.15) is 5.82 Å². The zero-order valence-corrected chi connectivity index (χ0v) is 20.4. The first-order valence-corrected chi connectivity index (χ1v) is 12.4. The van der Waals surface area contributed by atoms with Crippen molar-refractivity contribution < 1.29 is 26.4 Å². The molecular weight excluding hydrogens is 515 g/mol.